The molecule has 13 nitrogen and oxygen atoms in total. The second-order valence-electron chi connectivity index (χ2n) is 13.5. The lowest BCUT2D eigenvalue weighted by molar-refractivity contribution is 0.0383. The van der Waals surface area contributed by atoms with E-state index in [4.69, 9.17) is 14.6 Å². The van der Waals surface area contributed by atoms with Gasteiger partial charge in [-0.2, -0.15) is 10.1 Å². The van der Waals surface area contributed by atoms with E-state index in [9.17, 15) is 9.59 Å². The molecule has 8 rings (SSSR count). The summed E-state index contributed by atoms with van der Waals surface area (Å²) in [4.78, 5) is 37.7. The van der Waals surface area contributed by atoms with Crippen LogP contribution in [0.1, 0.15) is 15.9 Å². The van der Waals surface area contributed by atoms with Gasteiger partial charge in [-0.15, -0.1) is 0 Å². The molecule has 5 aromatic carbocycles. The van der Waals surface area contributed by atoms with Gasteiger partial charge in [-0.1, -0.05) is 78.4 Å². The van der Waals surface area contributed by atoms with E-state index in [1.165, 1.54) is 0 Å². The van der Waals surface area contributed by atoms with Gasteiger partial charge in [-0.05, 0) is 49.4 Å². The topological polar surface area (TPSA) is 148 Å². The maximum Gasteiger partial charge on any atom is 0.324 e. The Morgan fingerprint density at radius 2 is 1.60 bits per heavy atom. The highest BCUT2D eigenvalue weighted by atomic mass is 16.5. The highest BCUT2D eigenvalue weighted by Crippen LogP contribution is 2.34. The average Bonchev–Trinajstić information content (AvgIpc) is 3.66. The summed E-state index contributed by atoms with van der Waals surface area (Å²) in [6, 6.07) is 39.3. The summed E-state index contributed by atoms with van der Waals surface area (Å²) in [6.45, 7) is 6.53. The molecule has 0 atom stereocenters. The molecule has 13 heteroatoms. The number of rotatable bonds is 12. The maximum absolute atomic E-state index is 13.6. The van der Waals surface area contributed by atoms with Crippen molar-refractivity contribution in [2.24, 2.45) is 0 Å². The SMILES string of the molecule is Cc1ccc(-n2nc(-c3ccccc3)cc2NC(=O)Nc2ccc(Oc3ccnc(Nc4cccc(C(=O)NCCN5CCOCC5)c4)n3)c3ccccc23)cc1. The molecule has 0 bridgehead atoms. The number of nitrogens with zero attached hydrogens (tertiary/aromatic N) is 5. The minimum Gasteiger partial charge on any atom is -0.438 e. The molecular formula is C44H41N9O4. The molecule has 286 valence electrons. The molecule has 7 aromatic rings. The van der Waals surface area contributed by atoms with Crippen molar-refractivity contribution in [1.82, 2.24) is 30.0 Å². The smallest absolute Gasteiger partial charge is 0.324 e. The summed E-state index contributed by atoms with van der Waals surface area (Å²) in [5.41, 5.74) is 5.38. The second-order valence-corrected chi connectivity index (χ2v) is 13.5. The molecule has 57 heavy (non-hydrogen) atoms. The van der Waals surface area contributed by atoms with Gasteiger partial charge in [0.2, 0.25) is 11.8 Å². The van der Waals surface area contributed by atoms with Crippen LogP contribution in [0.2, 0.25) is 0 Å². The van der Waals surface area contributed by atoms with Crippen molar-refractivity contribution >= 4 is 45.9 Å². The number of urea groups is 1. The fraction of sp³-hybridized carbons (Fsp3) is 0.159. The van der Waals surface area contributed by atoms with E-state index < -0.39 is 6.03 Å². The van der Waals surface area contributed by atoms with E-state index in [0.717, 1.165) is 66.1 Å². The van der Waals surface area contributed by atoms with Gasteiger partial charge in [0, 0.05) is 72.1 Å². The minimum atomic E-state index is -0.428. The maximum atomic E-state index is 13.6. The first kappa shape index (κ1) is 36.9. The lowest BCUT2D eigenvalue weighted by atomic mass is 10.1. The number of ether oxygens (including phenoxy) is 2. The summed E-state index contributed by atoms with van der Waals surface area (Å²) in [6.07, 6.45) is 1.60. The number of morpholine rings is 1. The first-order valence-corrected chi connectivity index (χ1v) is 18.7. The van der Waals surface area contributed by atoms with Crippen molar-refractivity contribution in [3.05, 3.63) is 145 Å². The molecule has 1 saturated heterocycles. The van der Waals surface area contributed by atoms with Crippen molar-refractivity contribution in [1.29, 1.82) is 0 Å². The Bertz CT molecular complexity index is 2500. The molecule has 1 aliphatic rings. The molecule has 0 spiro atoms. The van der Waals surface area contributed by atoms with E-state index in [-0.39, 0.29) is 5.91 Å². The van der Waals surface area contributed by atoms with Crippen molar-refractivity contribution < 1.29 is 19.1 Å². The molecule has 0 aliphatic carbocycles. The number of aromatic nitrogens is 4. The monoisotopic (exact) mass is 759 g/mol. The van der Waals surface area contributed by atoms with Gasteiger partial charge in [0.25, 0.3) is 5.91 Å². The largest absolute Gasteiger partial charge is 0.438 e. The van der Waals surface area contributed by atoms with Crippen LogP contribution in [-0.2, 0) is 4.74 Å². The third-order valence-electron chi connectivity index (χ3n) is 9.47. The fourth-order valence-electron chi connectivity index (χ4n) is 6.54. The first-order valence-electron chi connectivity index (χ1n) is 18.7. The van der Waals surface area contributed by atoms with Gasteiger partial charge >= 0.3 is 6.03 Å². The molecule has 0 unspecified atom stereocenters. The molecule has 4 N–H and O–H groups in total. The van der Waals surface area contributed by atoms with E-state index >= 15 is 0 Å². The van der Waals surface area contributed by atoms with Crippen molar-refractivity contribution in [2.75, 3.05) is 55.3 Å². The number of hydrogen-bond donors (Lipinski definition) is 4. The molecule has 3 heterocycles. The molecule has 3 amide bonds. The van der Waals surface area contributed by atoms with Gasteiger partial charge in [-0.3, -0.25) is 15.0 Å². The average molecular weight is 760 g/mol. The van der Waals surface area contributed by atoms with Crippen LogP contribution < -0.4 is 26.0 Å². The molecule has 0 saturated carbocycles. The third kappa shape index (κ3) is 9.07. The number of aryl methyl sites for hydroxylation is 1. The predicted molar refractivity (Wildman–Crippen MR) is 222 cm³/mol. The molecule has 1 aliphatic heterocycles. The van der Waals surface area contributed by atoms with Crippen LogP contribution >= 0.6 is 0 Å². The number of benzene rings is 5. The van der Waals surface area contributed by atoms with Gasteiger partial charge < -0.3 is 25.4 Å². The predicted octanol–water partition coefficient (Wildman–Crippen LogP) is 8.03. The van der Waals surface area contributed by atoms with Crippen LogP contribution in [0.4, 0.5) is 27.9 Å². The van der Waals surface area contributed by atoms with Gasteiger partial charge in [0.15, 0.2) is 0 Å². The van der Waals surface area contributed by atoms with Crippen LogP contribution in [0.25, 0.3) is 27.7 Å². The summed E-state index contributed by atoms with van der Waals surface area (Å²) in [7, 11) is 0. The quantitative estimate of drug-likeness (QED) is 0.0972. The van der Waals surface area contributed by atoms with Crippen molar-refractivity contribution in [2.45, 2.75) is 6.92 Å². The number of hydrogen-bond acceptors (Lipinski definition) is 9. The standard InChI is InChI=1S/C44H41N9O4/c1-30-14-16-34(17-15-30)53-40(29-38(51-53)31-8-3-2-4-9-31)49-44(55)48-37-18-19-39(36-13-6-5-12-35(36)37)57-41-20-21-46-43(50-41)47-33-11-7-10-32(28-33)42(54)45-22-23-52-24-26-56-27-25-52/h2-21,28-29H,22-27H2,1H3,(H,45,54)(H,46,47,50)(H2,48,49,55). The lowest BCUT2D eigenvalue weighted by Gasteiger charge is -2.26. The third-order valence-corrected chi connectivity index (χ3v) is 9.47. The summed E-state index contributed by atoms with van der Waals surface area (Å²) < 4.78 is 13.4. The Labute approximate surface area is 329 Å². The highest BCUT2D eigenvalue weighted by Gasteiger charge is 2.17. The highest BCUT2D eigenvalue weighted by molar-refractivity contribution is 6.07. The number of fused-ring (bicyclic) bond motifs is 1. The fourth-order valence-corrected chi connectivity index (χ4v) is 6.54. The van der Waals surface area contributed by atoms with Gasteiger partial charge in [-0.25, -0.2) is 14.5 Å². The zero-order valence-electron chi connectivity index (χ0n) is 31.3. The molecule has 1 fully saturated rings. The zero-order valence-corrected chi connectivity index (χ0v) is 31.3. The summed E-state index contributed by atoms with van der Waals surface area (Å²) in [5.74, 6) is 1.52. The van der Waals surface area contributed by atoms with E-state index in [0.29, 0.717) is 46.9 Å². The Morgan fingerprint density at radius 1 is 0.807 bits per heavy atom. The summed E-state index contributed by atoms with van der Waals surface area (Å²) >= 11 is 0. The Balaban J connectivity index is 0.949. The van der Waals surface area contributed by atoms with Gasteiger partial charge in [0.05, 0.1) is 30.3 Å². The van der Waals surface area contributed by atoms with Crippen LogP contribution in [0.15, 0.2) is 134 Å². The van der Waals surface area contributed by atoms with Crippen molar-refractivity contribution in [3.8, 4) is 28.6 Å². The summed E-state index contributed by atoms with van der Waals surface area (Å²) in [5, 5.41) is 18.6. The van der Waals surface area contributed by atoms with Crippen molar-refractivity contribution in [3.63, 3.8) is 0 Å². The molecular weight excluding hydrogens is 719 g/mol. The number of amides is 3. The Hall–Kier alpha value is -7.09. The number of carbonyl (C=O) groups is 2. The van der Waals surface area contributed by atoms with E-state index in [2.05, 4.69) is 36.1 Å². The second kappa shape index (κ2) is 17.1. The van der Waals surface area contributed by atoms with Crippen LogP contribution in [0.5, 0.6) is 11.6 Å². The zero-order chi connectivity index (χ0) is 39.0. The first-order chi connectivity index (χ1) is 27.9. The number of nitrogens with one attached hydrogen (secondary N) is 4. The van der Waals surface area contributed by atoms with E-state index in [1.807, 2.05) is 104 Å². The Kier molecular flexibility index (Phi) is 11.1. The molecule has 2 aromatic heterocycles. The van der Waals surface area contributed by atoms with Crippen LogP contribution in [0.3, 0.4) is 0 Å². The molecule has 0 radical (unpaired) electrons. The number of anilines is 4. The van der Waals surface area contributed by atoms with E-state index in [1.54, 1.807) is 41.2 Å². The minimum absolute atomic E-state index is 0.154. The number of carbonyl (C=O) groups excluding carboxylic acids is 2. The van der Waals surface area contributed by atoms with Crippen LogP contribution in [0, 0.1) is 6.92 Å². The van der Waals surface area contributed by atoms with Gasteiger partial charge in [0.1, 0.15) is 11.6 Å². The normalized spacial score (nSPS) is 12.9. The lowest BCUT2D eigenvalue weighted by Crippen LogP contribution is -2.41. The van der Waals surface area contributed by atoms with Crippen LogP contribution in [-0.4, -0.2) is 76.0 Å². The Morgan fingerprint density at radius 3 is 2.42 bits per heavy atom.